The van der Waals surface area contributed by atoms with Gasteiger partial charge < -0.3 is 15.4 Å². The summed E-state index contributed by atoms with van der Waals surface area (Å²) >= 11 is 0. The molecular weight excluding hydrogens is 434 g/mol. The van der Waals surface area contributed by atoms with Crippen molar-refractivity contribution in [1.82, 2.24) is 24.9 Å². The van der Waals surface area contributed by atoms with Crippen molar-refractivity contribution in [3.63, 3.8) is 0 Å². The number of hydrogen-bond donors (Lipinski definition) is 3. The van der Waals surface area contributed by atoms with Gasteiger partial charge >= 0.3 is 0 Å². The molecule has 0 unspecified atom stereocenters. The Balaban J connectivity index is 1.47. The number of fused-ring (bicyclic) bond motifs is 2. The van der Waals surface area contributed by atoms with Gasteiger partial charge in [-0.3, -0.25) is 0 Å². The van der Waals surface area contributed by atoms with Crippen molar-refractivity contribution in [1.29, 1.82) is 0 Å². The van der Waals surface area contributed by atoms with E-state index in [2.05, 4.69) is 72.5 Å². The van der Waals surface area contributed by atoms with Gasteiger partial charge in [0.05, 0.1) is 11.3 Å². The van der Waals surface area contributed by atoms with E-state index in [1.54, 1.807) is 6.33 Å². The lowest BCUT2D eigenvalue weighted by Gasteiger charge is -2.31. The Morgan fingerprint density at radius 3 is 2.57 bits per heavy atom. The molecule has 3 N–H and O–H groups in total. The Labute approximate surface area is 208 Å². The monoisotopic (exact) mass is 473 g/mol. The molecule has 0 radical (unpaired) electrons. The van der Waals surface area contributed by atoms with Gasteiger partial charge in [-0.05, 0) is 99.6 Å². The lowest BCUT2D eigenvalue weighted by molar-refractivity contribution is 0.0742. The second-order valence-corrected chi connectivity index (χ2v) is 11.4. The van der Waals surface area contributed by atoms with Crippen molar-refractivity contribution in [3.8, 4) is 11.3 Å². The molecule has 0 aliphatic heterocycles. The van der Waals surface area contributed by atoms with Crippen LogP contribution < -0.4 is 5.32 Å². The lowest BCUT2D eigenvalue weighted by atomic mass is 9.81. The highest BCUT2D eigenvalue weighted by Gasteiger charge is 2.25. The van der Waals surface area contributed by atoms with E-state index < -0.39 is 5.60 Å². The predicted octanol–water partition coefficient (Wildman–Crippen LogP) is 6.00. The molecule has 1 aromatic carbocycles. The molecule has 0 bridgehead atoms. The van der Waals surface area contributed by atoms with Crippen LogP contribution in [0.5, 0.6) is 0 Å². The molecule has 0 atom stereocenters. The molecule has 1 aliphatic carbocycles. The summed E-state index contributed by atoms with van der Waals surface area (Å²) in [4.78, 5) is 8.19. The van der Waals surface area contributed by atoms with Gasteiger partial charge in [-0.15, -0.1) is 0 Å². The van der Waals surface area contributed by atoms with E-state index in [9.17, 15) is 5.11 Å². The van der Waals surface area contributed by atoms with E-state index in [0.717, 1.165) is 18.5 Å². The highest BCUT2D eigenvalue weighted by Crippen LogP contribution is 2.40. The van der Waals surface area contributed by atoms with Gasteiger partial charge in [0.2, 0.25) is 0 Å². The molecule has 0 saturated heterocycles. The Hall–Kier alpha value is -2.70. The number of H-pyrrole nitrogens is 1. The van der Waals surface area contributed by atoms with Gasteiger partial charge in [-0.2, -0.15) is 5.10 Å². The molecule has 0 amide bonds. The van der Waals surface area contributed by atoms with Crippen molar-refractivity contribution in [2.24, 2.45) is 0 Å². The molecule has 5 rings (SSSR count). The predicted molar refractivity (Wildman–Crippen MR) is 143 cm³/mol. The molecule has 186 valence electrons. The fourth-order valence-electron chi connectivity index (χ4n) is 5.78. The molecule has 3 heterocycles. The van der Waals surface area contributed by atoms with Gasteiger partial charge in [-0.1, -0.05) is 19.9 Å². The number of aromatic nitrogens is 4. The Kier molecular flexibility index (Phi) is 6.22. The Bertz CT molecular complexity index is 1350. The molecule has 4 aromatic rings. The van der Waals surface area contributed by atoms with E-state index in [-0.39, 0.29) is 0 Å². The highest BCUT2D eigenvalue weighted by atomic mass is 16.3. The van der Waals surface area contributed by atoms with E-state index in [4.69, 9.17) is 0 Å². The van der Waals surface area contributed by atoms with Crippen LogP contribution in [0.1, 0.15) is 87.5 Å². The first-order chi connectivity index (χ1) is 16.6. The van der Waals surface area contributed by atoms with Gasteiger partial charge in [0.1, 0.15) is 6.33 Å². The number of rotatable bonds is 6. The number of nitrogens with one attached hydrogen (secondary N) is 2. The second kappa shape index (κ2) is 9.07. The first-order valence-corrected chi connectivity index (χ1v) is 13.0. The zero-order valence-corrected chi connectivity index (χ0v) is 21.9. The highest BCUT2D eigenvalue weighted by molar-refractivity contribution is 5.92. The van der Waals surface area contributed by atoms with Crippen molar-refractivity contribution in [3.05, 3.63) is 53.0 Å². The van der Waals surface area contributed by atoms with Crippen LogP contribution in [-0.4, -0.2) is 42.9 Å². The molecule has 0 spiro atoms. The minimum absolute atomic E-state index is 0.391. The van der Waals surface area contributed by atoms with Crippen LogP contribution in [-0.2, 0) is 0 Å². The summed E-state index contributed by atoms with van der Waals surface area (Å²) in [5.41, 5.74) is 9.10. The zero-order chi connectivity index (χ0) is 24.9. The molecule has 35 heavy (non-hydrogen) atoms. The first kappa shape index (κ1) is 24.0. The summed E-state index contributed by atoms with van der Waals surface area (Å²) in [6.07, 6.45) is 8.43. The number of hydrogen-bond acceptors (Lipinski definition) is 4. The minimum Gasteiger partial charge on any atom is -0.389 e. The summed E-state index contributed by atoms with van der Waals surface area (Å²) < 4.78 is 1.89. The second-order valence-electron chi connectivity index (χ2n) is 11.4. The lowest BCUT2D eigenvalue weighted by Crippen LogP contribution is -2.42. The fraction of sp³-hybridized carbons (Fsp3) is 0.517. The van der Waals surface area contributed by atoms with E-state index >= 15 is 0 Å². The zero-order valence-electron chi connectivity index (χ0n) is 21.9. The van der Waals surface area contributed by atoms with Gasteiger partial charge in [0, 0.05) is 35.2 Å². The average molecular weight is 474 g/mol. The standard InChI is InChI=1S/C29H39N5O/c1-17(2)26-23-13-21(20-7-10-22(11-8-20)30-15-29(5,6)35)9-12-25(23)33-27(26)24-14-34-28(31-16-32-34)19(4)18(24)3/h9,12-14,16-17,20,22,30,33,35H,7-8,10-11,15H2,1-6H3. The SMILES string of the molecule is Cc1c(-c2[nH]c3ccc(C4CCC(NCC(C)(C)O)CC4)cc3c2C(C)C)cn2ncnc2c1C. The van der Waals surface area contributed by atoms with Crippen LogP contribution >= 0.6 is 0 Å². The first-order valence-electron chi connectivity index (χ1n) is 13.0. The number of benzene rings is 1. The van der Waals surface area contributed by atoms with Gasteiger partial charge in [-0.25, -0.2) is 9.50 Å². The van der Waals surface area contributed by atoms with Crippen LogP contribution in [0.2, 0.25) is 0 Å². The fourth-order valence-corrected chi connectivity index (χ4v) is 5.78. The van der Waals surface area contributed by atoms with Crippen molar-refractivity contribution in [2.45, 2.75) is 90.7 Å². The van der Waals surface area contributed by atoms with Crippen LogP contribution in [0, 0.1) is 13.8 Å². The minimum atomic E-state index is -0.656. The number of pyridine rings is 1. The topological polar surface area (TPSA) is 78.2 Å². The normalized spacial score (nSPS) is 19.3. The van der Waals surface area contributed by atoms with Gasteiger partial charge in [0.25, 0.3) is 0 Å². The van der Waals surface area contributed by atoms with E-state index in [1.807, 2.05) is 18.4 Å². The summed E-state index contributed by atoms with van der Waals surface area (Å²) in [5, 5.41) is 19.4. The summed E-state index contributed by atoms with van der Waals surface area (Å²) in [6.45, 7) is 13.3. The van der Waals surface area contributed by atoms with Crippen molar-refractivity contribution >= 4 is 16.6 Å². The van der Waals surface area contributed by atoms with Crippen LogP contribution in [0.3, 0.4) is 0 Å². The number of aryl methyl sites for hydroxylation is 1. The van der Waals surface area contributed by atoms with Crippen molar-refractivity contribution < 1.29 is 5.11 Å². The third-order valence-electron chi connectivity index (χ3n) is 7.86. The molecule has 6 nitrogen and oxygen atoms in total. The average Bonchev–Trinajstić information content (AvgIpc) is 3.44. The van der Waals surface area contributed by atoms with Crippen LogP contribution in [0.25, 0.3) is 27.8 Å². The maximum atomic E-state index is 10.0. The number of aromatic amines is 1. The number of aliphatic hydroxyl groups is 1. The third kappa shape index (κ3) is 4.62. The van der Waals surface area contributed by atoms with Crippen molar-refractivity contribution in [2.75, 3.05) is 6.54 Å². The third-order valence-corrected chi connectivity index (χ3v) is 7.86. The molecule has 3 aromatic heterocycles. The maximum absolute atomic E-state index is 10.0. The quantitative estimate of drug-likeness (QED) is 0.321. The van der Waals surface area contributed by atoms with Crippen LogP contribution in [0.4, 0.5) is 0 Å². The summed E-state index contributed by atoms with van der Waals surface area (Å²) in [7, 11) is 0. The summed E-state index contributed by atoms with van der Waals surface area (Å²) in [5.74, 6) is 0.982. The van der Waals surface area contributed by atoms with E-state index in [0.29, 0.717) is 24.4 Å². The van der Waals surface area contributed by atoms with Gasteiger partial charge in [0.15, 0.2) is 5.65 Å². The molecule has 1 fully saturated rings. The number of nitrogens with zero attached hydrogens (tertiary/aromatic N) is 3. The molecule has 6 heteroatoms. The Morgan fingerprint density at radius 1 is 1.14 bits per heavy atom. The maximum Gasteiger partial charge on any atom is 0.158 e. The molecular formula is C29H39N5O. The van der Waals surface area contributed by atoms with E-state index in [1.165, 1.54) is 57.3 Å². The largest absolute Gasteiger partial charge is 0.389 e. The smallest absolute Gasteiger partial charge is 0.158 e. The molecule has 1 aliphatic rings. The van der Waals surface area contributed by atoms with Crippen LogP contribution in [0.15, 0.2) is 30.7 Å². The molecule has 1 saturated carbocycles. The summed E-state index contributed by atoms with van der Waals surface area (Å²) in [6, 6.07) is 7.54. The Morgan fingerprint density at radius 2 is 1.89 bits per heavy atom.